The summed E-state index contributed by atoms with van der Waals surface area (Å²) >= 11 is 0. The Balaban J connectivity index is 2.53. The first kappa shape index (κ1) is 11.7. The van der Waals surface area contributed by atoms with E-state index in [1.54, 1.807) is 7.11 Å². The molecule has 0 radical (unpaired) electrons. The summed E-state index contributed by atoms with van der Waals surface area (Å²) in [7, 11) is 1.61. The standard InChI is InChI=1S/C13H15NO3/c1-17-11-3-4-12-10(9-16)8-14(5-2-6-15)13(12)7-11/h3-4,7-9,15H,2,5-6H2,1H3. The molecule has 1 heterocycles. The van der Waals surface area contributed by atoms with Crippen LogP contribution in [0.5, 0.6) is 5.75 Å². The molecule has 90 valence electrons. The summed E-state index contributed by atoms with van der Waals surface area (Å²) in [5, 5.41) is 9.77. The zero-order valence-electron chi connectivity index (χ0n) is 9.72. The number of hydrogen-bond acceptors (Lipinski definition) is 3. The topological polar surface area (TPSA) is 51.5 Å². The molecule has 1 aromatic carbocycles. The Bertz CT molecular complexity index is 531. The fourth-order valence-electron chi connectivity index (χ4n) is 1.95. The molecule has 0 amide bonds. The number of hydrogen-bond donors (Lipinski definition) is 1. The maximum Gasteiger partial charge on any atom is 0.152 e. The number of carbonyl (C=O) groups is 1. The average molecular weight is 233 g/mol. The molecule has 4 heteroatoms. The number of rotatable bonds is 5. The number of nitrogens with zero attached hydrogens (tertiary/aromatic N) is 1. The van der Waals surface area contributed by atoms with E-state index >= 15 is 0 Å². The number of fused-ring (bicyclic) bond motifs is 1. The Kier molecular flexibility index (Phi) is 3.44. The van der Waals surface area contributed by atoms with Crippen LogP contribution in [0, 0.1) is 0 Å². The summed E-state index contributed by atoms with van der Waals surface area (Å²) in [5.74, 6) is 0.762. The van der Waals surface area contributed by atoms with Crippen molar-refractivity contribution in [2.75, 3.05) is 13.7 Å². The molecule has 0 bridgehead atoms. The van der Waals surface area contributed by atoms with Gasteiger partial charge in [0.25, 0.3) is 0 Å². The Hall–Kier alpha value is -1.81. The Morgan fingerprint density at radius 3 is 2.94 bits per heavy atom. The minimum absolute atomic E-state index is 0.139. The molecular formula is C13H15NO3. The smallest absolute Gasteiger partial charge is 0.152 e. The highest BCUT2D eigenvalue weighted by Crippen LogP contribution is 2.25. The van der Waals surface area contributed by atoms with Gasteiger partial charge in [0.05, 0.1) is 12.6 Å². The molecule has 0 saturated carbocycles. The van der Waals surface area contributed by atoms with Gasteiger partial charge < -0.3 is 14.4 Å². The molecule has 0 saturated heterocycles. The lowest BCUT2D eigenvalue weighted by atomic mass is 10.2. The first-order valence-corrected chi connectivity index (χ1v) is 5.53. The van der Waals surface area contributed by atoms with Crippen molar-refractivity contribution < 1.29 is 14.6 Å². The van der Waals surface area contributed by atoms with E-state index in [-0.39, 0.29) is 6.61 Å². The van der Waals surface area contributed by atoms with Gasteiger partial charge in [0.1, 0.15) is 5.75 Å². The van der Waals surface area contributed by atoms with Gasteiger partial charge in [0.2, 0.25) is 0 Å². The second kappa shape index (κ2) is 5.01. The van der Waals surface area contributed by atoms with Crippen LogP contribution in [0.4, 0.5) is 0 Å². The summed E-state index contributed by atoms with van der Waals surface area (Å²) < 4.78 is 7.14. The van der Waals surface area contributed by atoms with E-state index in [0.29, 0.717) is 18.5 Å². The molecule has 0 fully saturated rings. The van der Waals surface area contributed by atoms with Crippen LogP contribution in [-0.2, 0) is 6.54 Å². The van der Waals surface area contributed by atoms with Crippen LogP contribution in [-0.4, -0.2) is 29.7 Å². The first-order chi connectivity index (χ1) is 8.30. The quantitative estimate of drug-likeness (QED) is 0.802. The molecule has 1 aromatic heterocycles. The molecule has 0 spiro atoms. The predicted octanol–water partition coefficient (Wildman–Crippen LogP) is 1.84. The highest BCUT2D eigenvalue weighted by atomic mass is 16.5. The minimum Gasteiger partial charge on any atom is -0.497 e. The highest BCUT2D eigenvalue weighted by Gasteiger charge is 2.08. The molecule has 0 aliphatic rings. The van der Waals surface area contributed by atoms with Crippen LogP contribution in [0.25, 0.3) is 10.9 Å². The van der Waals surface area contributed by atoms with E-state index in [1.807, 2.05) is 29.0 Å². The van der Waals surface area contributed by atoms with E-state index in [4.69, 9.17) is 9.84 Å². The molecular weight excluding hydrogens is 218 g/mol. The Morgan fingerprint density at radius 1 is 1.47 bits per heavy atom. The normalized spacial score (nSPS) is 10.7. The zero-order valence-corrected chi connectivity index (χ0v) is 9.72. The number of aliphatic hydroxyl groups is 1. The third-order valence-corrected chi connectivity index (χ3v) is 2.80. The second-order valence-electron chi connectivity index (χ2n) is 3.86. The van der Waals surface area contributed by atoms with Gasteiger partial charge in [-0.3, -0.25) is 4.79 Å². The van der Waals surface area contributed by atoms with Crippen LogP contribution in [0.3, 0.4) is 0 Å². The number of aldehydes is 1. The van der Waals surface area contributed by atoms with Gasteiger partial charge in [-0.15, -0.1) is 0 Å². The van der Waals surface area contributed by atoms with Crippen molar-refractivity contribution in [2.45, 2.75) is 13.0 Å². The maximum absolute atomic E-state index is 11.0. The molecule has 2 rings (SSSR count). The van der Waals surface area contributed by atoms with Gasteiger partial charge in [-0.2, -0.15) is 0 Å². The van der Waals surface area contributed by atoms with Gasteiger partial charge >= 0.3 is 0 Å². The van der Waals surface area contributed by atoms with Crippen LogP contribution in [0.15, 0.2) is 24.4 Å². The number of benzene rings is 1. The minimum atomic E-state index is 0.139. The Labute approximate surface area is 99.4 Å². The molecule has 1 N–H and O–H groups in total. The number of aryl methyl sites for hydroxylation is 1. The maximum atomic E-state index is 11.0. The van der Waals surface area contributed by atoms with Crippen LogP contribution in [0.2, 0.25) is 0 Å². The van der Waals surface area contributed by atoms with Crippen molar-refractivity contribution in [1.82, 2.24) is 4.57 Å². The molecule has 0 atom stereocenters. The van der Waals surface area contributed by atoms with E-state index in [0.717, 1.165) is 22.9 Å². The number of carbonyl (C=O) groups excluding carboxylic acids is 1. The number of aromatic nitrogens is 1. The van der Waals surface area contributed by atoms with Crippen molar-refractivity contribution >= 4 is 17.2 Å². The fourth-order valence-corrected chi connectivity index (χ4v) is 1.95. The van der Waals surface area contributed by atoms with Gasteiger partial charge in [-0.05, 0) is 18.6 Å². The Morgan fingerprint density at radius 2 is 2.29 bits per heavy atom. The largest absolute Gasteiger partial charge is 0.497 e. The monoisotopic (exact) mass is 233 g/mol. The lowest BCUT2D eigenvalue weighted by molar-refractivity contribution is 0.112. The summed E-state index contributed by atoms with van der Waals surface area (Å²) in [6.45, 7) is 0.827. The molecule has 4 nitrogen and oxygen atoms in total. The predicted molar refractivity (Wildman–Crippen MR) is 65.6 cm³/mol. The van der Waals surface area contributed by atoms with Crippen LogP contribution >= 0.6 is 0 Å². The SMILES string of the molecule is COc1ccc2c(C=O)cn(CCCO)c2c1. The van der Waals surface area contributed by atoms with Gasteiger partial charge in [0, 0.05) is 36.4 Å². The van der Waals surface area contributed by atoms with Crippen molar-refractivity contribution in [3.63, 3.8) is 0 Å². The molecule has 0 aliphatic heterocycles. The van der Waals surface area contributed by atoms with Gasteiger partial charge in [-0.1, -0.05) is 0 Å². The van der Waals surface area contributed by atoms with Crippen molar-refractivity contribution in [2.24, 2.45) is 0 Å². The lowest BCUT2D eigenvalue weighted by Gasteiger charge is -2.05. The second-order valence-corrected chi connectivity index (χ2v) is 3.86. The fraction of sp³-hybridized carbons (Fsp3) is 0.308. The van der Waals surface area contributed by atoms with E-state index in [9.17, 15) is 4.79 Å². The number of ether oxygens (including phenoxy) is 1. The van der Waals surface area contributed by atoms with Gasteiger partial charge in [-0.25, -0.2) is 0 Å². The average Bonchev–Trinajstić information content (AvgIpc) is 2.73. The highest BCUT2D eigenvalue weighted by molar-refractivity contribution is 5.98. The summed E-state index contributed by atoms with van der Waals surface area (Å²) in [6.07, 6.45) is 3.33. The molecule has 0 unspecified atom stereocenters. The van der Waals surface area contributed by atoms with Crippen molar-refractivity contribution in [3.05, 3.63) is 30.0 Å². The van der Waals surface area contributed by atoms with Crippen LogP contribution in [0.1, 0.15) is 16.8 Å². The summed E-state index contributed by atoms with van der Waals surface area (Å²) in [6, 6.07) is 5.62. The number of methoxy groups -OCH3 is 1. The van der Waals surface area contributed by atoms with Gasteiger partial charge in [0.15, 0.2) is 6.29 Å². The first-order valence-electron chi connectivity index (χ1n) is 5.53. The summed E-state index contributed by atoms with van der Waals surface area (Å²) in [4.78, 5) is 11.0. The lowest BCUT2D eigenvalue weighted by Crippen LogP contribution is -1.98. The third-order valence-electron chi connectivity index (χ3n) is 2.80. The third kappa shape index (κ3) is 2.17. The molecule has 0 aliphatic carbocycles. The van der Waals surface area contributed by atoms with E-state index < -0.39 is 0 Å². The molecule has 2 aromatic rings. The van der Waals surface area contributed by atoms with E-state index in [2.05, 4.69) is 0 Å². The summed E-state index contributed by atoms with van der Waals surface area (Å²) in [5.41, 5.74) is 1.63. The zero-order chi connectivity index (χ0) is 12.3. The molecule has 17 heavy (non-hydrogen) atoms. The van der Waals surface area contributed by atoms with Crippen LogP contribution < -0.4 is 4.74 Å². The van der Waals surface area contributed by atoms with Crippen molar-refractivity contribution in [1.29, 1.82) is 0 Å². The van der Waals surface area contributed by atoms with Crippen molar-refractivity contribution in [3.8, 4) is 5.75 Å². The van der Waals surface area contributed by atoms with E-state index in [1.165, 1.54) is 0 Å². The number of aliphatic hydroxyl groups excluding tert-OH is 1.